The summed E-state index contributed by atoms with van der Waals surface area (Å²) in [6.45, 7) is 5.85. The molecule has 1 saturated heterocycles. The molecule has 3 heteroatoms. The quantitative estimate of drug-likeness (QED) is 0.608. The lowest BCUT2D eigenvalue weighted by Gasteiger charge is -2.20. The fourth-order valence-electron chi connectivity index (χ4n) is 1.13. The molecule has 1 aliphatic heterocycles. The SMILES string of the molecule is CC[C@@H](C)N1CCNC1=O. The van der Waals surface area contributed by atoms with E-state index in [1.807, 2.05) is 4.90 Å². The lowest BCUT2D eigenvalue weighted by molar-refractivity contribution is 0.200. The Balaban J connectivity index is 2.46. The van der Waals surface area contributed by atoms with Gasteiger partial charge in [-0.15, -0.1) is 0 Å². The number of amides is 2. The van der Waals surface area contributed by atoms with E-state index < -0.39 is 0 Å². The van der Waals surface area contributed by atoms with Gasteiger partial charge in [-0.2, -0.15) is 0 Å². The Hall–Kier alpha value is -0.730. The Bertz CT molecular complexity index is 136. The zero-order valence-electron chi connectivity index (χ0n) is 6.55. The Morgan fingerprint density at radius 1 is 1.80 bits per heavy atom. The maximum Gasteiger partial charge on any atom is 0.317 e. The molecule has 0 aliphatic carbocycles. The van der Waals surface area contributed by atoms with Crippen molar-refractivity contribution in [3.05, 3.63) is 0 Å². The lowest BCUT2D eigenvalue weighted by Crippen LogP contribution is -2.35. The van der Waals surface area contributed by atoms with Gasteiger partial charge in [-0.3, -0.25) is 0 Å². The van der Waals surface area contributed by atoms with Crippen LogP contribution in [0.25, 0.3) is 0 Å². The van der Waals surface area contributed by atoms with Crippen LogP contribution in [0.3, 0.4) is 0 Å². The van der Waals surface area contributed by atoms with Gasteiger partial charge in [0.2, 0.25) is 0 Å². The van der Waals surface area contributed by atoms with Gasteiger partial charge in [0.05, 0.1) is 0 Å². The van der Waals surface area contributed by atoms with Gasteiger partial charge >= 0.3 is 6.03 Å². The Morgan fingerprint density at radius 3 is 2.90 bits per heavy atom. The molecule has 1 rings (SSSR count). The monoisotopic (exact) mass is 142 g/mol. The van der Waals surface area contributed by atoms with Gasteiger partial charge in [0, 0.05) is 19.1 Å². The maximum absolute atomic E-state index is 11.0. The summed E-state index contributed by atoms with van der Waals surface area (Å²) >= 11 is 0. The van der Waals surface area contributed by atoms with E-state index in [-0.39, 0.29) is 6.03 Å². The van der Waals surface area contributed by atoms with E-state index in [1.165, 1.54) is 0 Å². The van der Waals surface area contributed by atoms with Crippen LogP contribution in [0, 0.1) is 0 Å². The second kappa shape index (κ2) is 2.90. The highest BCUT2D eigenvalue weighted by Crippen LogP contribution is 2.06. The van der Waals surface area contributed by atoms with E-state index in [1.54, 1.807) is 0 Å². The number of hydrogen-bond acceptors (Lipinski definition) is 1. The highest BCUT2D eigenvalue weighted by atomic mass is 16.2. The van der Waals surface area contributed by atoms with E-state index in [4.69, 9.17) is 0 Å². The summed E-state index contributed by atoms with van der Waals surface area (Å²) in [5.41, 5.74) is 0. The number of rotatable bonds is 2. The molecule has 0 aromatic rings. The first-order valence-corrected chi connectivity index (χ1v) is 3.80. The molecule has 0 bridgehead atoms. The minimum atomic E-state index is 0.0920. The van der Waals surface area contributed by atoms with Crippen LogP contribution in [-0.2, 0) is 0 Å². The highest BCUT2D eigenvalue weighted by molar-refractivity contribution is 5.76. The molecule has 1 atom stereocenters. The summed E-state index contributed by atoms with van der Waals surface area (Å²) in [5, 5.41) is 2.77. The summed E-state index contributed by atoms with van der Waals surface area (Å²) in [5.74, 6) is 0. The van der Waals surface area contributed by atoms with Crippen molar-refractivity contribution in [2.24, 2.45) is 0 Å². The summed E-state index contributed by atoms with van der Waals surface area (Å²) < 4.78 is 0. The molecule has 3 nitrogen and oxygen atoms in total. The summed E-state index contributed by atoms with van der Waals surface area (Å²) in [6, 6.07) is 0.483. The Labute approximate surface area is 61.4 Å². The van der Waals surface area contributed by atoms with Gasteiger partial charge < -0.3 is 10.2 Å². The summed E-state index contributed by atoms with van der Waals surface area (Å²) in [7, 11) is 0. The van der Waals surface area contributed by atoms with E-state index in [0.717, 1.165) is 19.5 Å². The fraction of sp³-hybridized carbons (Fsp3) is 0.857. The molecule has 0 aromatic carbocycles. The first-order chi connectivity index (χ1) is 4.75. The topological polar surface area (TPSA) is 32.3 Å². The third-order valence-corrected chi connectivity index (χ3v) is 2.01. The average Bonchev–Trinajstić information content (AvgIpc) is 2.34. The Kier molecular flexibility index (Phi) is 2.14. The van der Waals surface area contributed by atoms with Crippen LogP contribution in [0.2, 0.25) is 0 Å². The molecule has 1 fully saturated rings. The second-order valence-corrected chi connectivity index (χ2v) is 2.68. The summed E-state index contributed by atoms with van der Waals surface area (Å²) in [6.07, 6.45) is 1.04. The third-order valence-electron chi connectivity index (χ3n) is 2.01. The van der Waals surface area contributed by atoms with E-state index in [9.17, 15) is 4.79 Å². The van der Waals surface area contributed by atoms with Crippen molar-refractivity contribution in [3.8, 4) is 0 Å². The predicted octanol–water partition coefficient (Wildman–Crippen LogP) is 0.810. The number of hydrogen-bond donors (Lipinski definition) is 1. The van der Waals surface area contributed by atoms with Crippen LogP contribution in [0.15, 0.2) is 0 Å². The van der Waals surface area contributed by atoms with Crippen molar-refractivity contribution in [1.29, 1.82) is 0 Å². The standard InChI is InChI=1S/C7H14N2O/c1-3-6(2)9-5-4-8-7(9)10/h6H,3-5H2,1-2H3,(H,8,10)/t6-/m1/s1. The van der Waals surface area contributed by atoms with Crippen molar-refractivity contribution in [1.82, 2.24) is 10.2 Å². The molecule has 0 aromatic heterocycles. The van der Waals surface area contributed by atoms with Gasteiger partial charge in [0.25, 0.3) is 0 Å². The predicted molar refractivity (Wildman–Crippen MR) is 39.9 cm³/mol. The molecule has 0 unspecified atom stereocenters. The van der Waals surface area contributed by atoms with Crippen molar-refractivity contribution < 1.29 is 4.79 Å². The van der Waals surface area contributed by atoms with Crippen molar-refractivity contribution in [3.63, 3.8) is 0 Å². The van der Waals surface area contributed by atoms with E-state index in [2.05, 4.69) is 19.2 Å². The molecule has 1 N–H and O–H groups in total. The number of urea groups is 1. The second-order valence-electron chi connectivity index (χ2n) is 2.68. The zero-order valence-corrected chi connectivity index (χ0v) is 6.55. The molecule has 1 aliphatic rings. The molecule has 10 heavy (non-hydrogen) atoms. The molecule has 0 saturated carbocycles. The van der Waals surface area contributed by atoms with E-state index in [0.29, 0.717) is 6.04 Å². The fourth-order valence-corrected chi connectivity index (χ4v) is 1.13. The van der Waals surface area contributed by atoms with Gasteiger partial charge in [0.1, 0.15) is 0 Å². The maximum atomic E-state index is 11.0. The van der Waals surface area contributed by atoms with Gasteiger partial charge in [-0.05, 0) is 13.3 Å². The molecular formula is C7H14N2O. The van der Waals surface area contributed by atoms with Crippen LogP contribution in [0.1, 0.15) is 20.3 Å². The Morgan fingerprint density at radius 2 is 2.50 bits per heavy atom. The van der Waals surface area contributed by atoms with Crippen LogP contribution in [0.5, 0.6) is 0 Å². The largest absolute Gasteiger partial charge is 0.336 e. The van der Waals surface area contributed by atoms with Crippen LogP contribution in [0.4, 0.5) is 4.79 Å². The van der Waals surface area contributed by atoms with E-state index >= 15 is 0 Å². The first kappa shape index (κ1) is 7.38. The molecule has 0 spiro atoms. The van der Waals surface area contributed by atoms with Crippen LogP contribution in [-0.4, -0.2) is 30.1 Å². The molecule has 0 radical (unpaired) electrons. The van der Waals surface area contributed by atoms with Crippen LogP contribution >= 0.6 is 0 Å². The van der Waals surface area contributed by atoms with Crippen molar-refractivity contribution >= 4 is 6.03 Å². The zero-order chi connectivity index (χ0) is 7.56. The first-order valence-electron chi connectivity index (χ1n) is 3.80. The molecule has 2 amide bonds. The third kappa shape index (κ3) is 1.23. The highest BCUT2D eigenvalue weighted by Gasteiger charge is 2.22. The minimum absolute atomic E-state index is 0.0920. The molecule has 1 heterocycles. The molecular weight excluding hydrogens is 128 g/mol. The lowest BCUT2D eigenvalue weighted by atomic mass is 10.2. The number of nitrogens with one attached hydrogen (secondary N) is 1. The minimum Gasteiger partial charge on any atom is -0.336 e. The smallest absolute Gasteiger partial charge is 0.317 e. The van der Waals surface area contributed by atoms with Crippen LogP contribution < -0.4 is 5.32 Å². The average molecular weight is 142 g/mol. The number of nitrogens with zero attached hydrogens (tertiary/aromatic N) is 1. The van der Waals surface area contributed by atoms with Gasteiger partial charge in [0.15, 0.2) is 0 Å². The van der Waals surface area contributed by atoms with Gasteiger partial charge in [-0.25, -0.2) is 4.79 Å². The number of carbonyl (C=O) groups excluding carboxylic acids is 1. The van der Waals surface area contributed by atoms with Crippen molar-refractivity contribution in [2.75, 3.05) is 13.1 Å². The van der Waals surface area contributed by atoms with Gasteiger partial charge in [-0.1, -0.05) is 6.92 Å². The number of carbonyl (C=O) groups is 1. The molecule has 58 valence electrons. The van der Waals surface area contributed by atoms with Crippen molar-refractivity contribution in [2.45, 2.75) is 26.3 Å². The summed E-state index contributed by atoms with van der Waals surface area (Å²) in [4.78, 5) is 12.9. The normalized spacial score (nSPS) is 21.0.